The first kappa shape index (κ1) is 19.3. The molecule has 3 aromatic heterocycles. The number of anilines is 1. The maximum absolute atomic E-state index is 13.3. The summed E-state index contributed by atoms with van der Waals surface area (Å²) in [5.74, 6) is -0.243. The van der Waals surface area contributed by atoms with Gasteiger partial charge in [-0.1, -0.05) is 46.7 Å². The number of thiazole rings is 1. The van der Waals surface area contributed by atoms with Gasteiger partial charge < -0.3 is 0 Å². The summed E-state index contributed by atoms with van der Waals surface area (Å²) >= 11 is 15.0. The van der Waals surface area contributed by atoms with E-state index in [0.717, 1.165) is 21.5 Å². The first-order valence-corrected chi connectivity index (χ1v) is 10.9. The van der Waals surface area contributed by atoms with E-state index in [4.69, 9.17) is 28.2 Å². The second kappa shape index (κ2) is 7.79. The van der Waals surface area contributed by atoms with Crippen molar-refractivity contribution in [1.82, 2.24) is 9.97 Å². The smallest absolute Gasteiger partial charge is 0.262 e. The van der Waals surface area contributed by atoms with E-state index < -0.39 is 0 Å². The number of thiophene rings is 1. The Morgan fingerprint density at radius 2 is 1.96 bits per heavy atom. The summed E-state index contributed by atoms with van der Waals surface area (Å²) in [5, 5.41) is 0.609. The van der Waals surface area contributed by atoms with Gasteiger partial charge in [0.25, 0.3) is 5.91 Å². The van der Waals surface area contributed by atoms with E-state index in [-0.39, 0.29) is 5.91 Å². The molecule has 142 valence electrons. The number of benzene rings is 1. The predicted molar refractivity (Wildman–Crippen MR) is 118 cm³/mol. The third-order valence-corrected chi connectivity index (χ3v) is 7.01. The molecule has 0 saturated carbocycles. The average molecular weight is 448 g/mol. The Morgan fingerprint density at radius 3 is 2.64 bits per heavy atom. The van der Waals surface area contributed by atoms with Crippen LogP contribution in [0.5, 0.6) is 0 Å². The van der Waals surface area contributed by atoms with E-state index >= 15 is 0 Å². The summed E-state index contributed by atoms with van der Waals surface area (Å²) in [6, 6.07) is 11.3. The molecule has 0 N–H and O–H groups in total. The lowest BCUT2D eigenvalue weighted by Crippen LogP contribution is -2.30. The Kier molecular flexibility index (Phi) is 5.38. The van der Waals surface area contributed by atoms with Gasteiger partial charge in [0.05, 0.1) is 32.4 Å². The third-order valence-electron chi connectivity index (χ3n) is 4.48. The van der Waals surface area contributed by atoms with Crippen molar-refractivity contribution in [3.63, 3.8) is 0 Å². The van der Waals surface area contributed by atoms with Crippen LogP contribution in [0.2, 0.25) is 8.67 Å². The summed E-state index contributed by atoms with van der Waals surface area (Å²) < 4.78 is 1.88. The van der Waals surface area contributed by atoms with Gasteiger partial charge in [-0.25, -0.2) is 4.98 Å². The van der Waals surface area contributed by atoms with Crippen LogP contribution in [0.4, 0.5) is 5.13 Å². The third kappa shape index (κ3) is 3.65. The molecule has 1 aromatic carbocycles. The van der Waals surface area contributed by atoms with Crippen molar-refractivity contribution in [2.75, 3.05) is 4.90 Å². The fraction of sp³-hybridized carbons (Fsp3) is 0.150. The minimum atomic E-state index is -0.243. The summed E-state index contributed by atoms with van der Waals surface area (Å²) in [5.41, 5.74) is 4.33. The summed E-state index contributed by atoms with van der Waals surface area (Å²) in [4.78, 5) is 24.1. The minimum Gasteiger partial charge on any atom is -0.278 e. The highest BCUT2D eigenvalue weighted by molar-refractivity contribution is 7.22. The minimum absolute atomic E-state index is 0.243. The average Bonchev–Trinajstić information content (AvgIpc) is 3.26. The lowest BCUT2D eigenvalue weighted by Gasteiger charge is -2.19. The molecular weight excluding hydrogens is 433 g/mol. The molecule has 8 heteroatoms. The number of aromatic nitrogens is 2. The van der Waals surface area contributed by atoms with Crippen molar-refractivity contribution in [3.05, 3.63) is 73.7 Å². The number of halogens is 2. The Labute approximate surface area is 180 Å². The summed E-state index contributed by atoms with van der Waals surface area (Å²) in [6.45, 7) is 4.39. The molecule has 4 aromatic rings. The largest absolute Gasteiger partial charge is 0.278 e. The van der Waals surface area contributed by atoms with Crippen LogP contribution in [0, 0.1) is 13.8 Å². The van der Waals surface area contributed by atoms with Gasteiger partial charge in [-0.2, -0.15) is 0 Å². The number of nitrogens with zero attached hydrogens (tertiary/aromatic N) is 3. The van der Waals surface area contributed by atoms with Crippen molar-refractivity contribution in [2.24, 2.45) is 0 Å². The van der Waals surface area contributed by atoms with Crippen LogP contribution in [0.15, 0.2) is 42.6 Å². The molecular formula is C20H15Cl2N3OS2. The Bertz CT molecular complexity index is 1170. The highest BCUT2D eigenvalue weighted by atomic mass is 35.5. The number of carbonyl (C=O) groups is 1. The van der Waals surface area contributed by atoms with Crippen molar-refractivity contribution in [1.29, 1.82) is 0 Å². The van der Waals surface area contributed by atoms with Crippen molar-refractivity contribution < 1.29 is 4.79 Å². The van der Waals surface area contributed by atoms with E-state index in [9.17, 15) is 4.79 Å². The van der Waals surface area contributed by atoms with Crippen LogP contribution in [-0.4, -0.2) is 15.9 Å². The number of rotatable bonds is 4. The highest BCUT2D eigenvalue weighted by Crippen LogP contribution is 2.36. The molecule has 3 heterocycles. The van der Waals surface area contributed by atoms with E-state index in [1.165, 1.54) is 28.2 Å². The quantitative estimate of drug-likeness (QED) is 0.357. The zero-order valence-electron chi connectivity index (χ0n) is 15.1. The van der Waals surface area contributed by atoms with Crippen LogP contribution < -0.4 is 4.90 Å². The Morgan fingerprint density at radius 1 is 1.14 bits per heavy atom. The molecule has 0 unspecified atom stereocenters. The molecule has 0 atom stereocenters. The van der Waals surface area contributed by atoms with Crippen LogP contribution in [0.25, 0.3) is 10.2 Å². The van der Waals surface area contributed by atoms with Gasteiger partial charge in [0.1, 0.15) is 4.34 Å². The number of aryl methyl sites for hydroxylation is 2. The maximum Gasteiger partial charge on any atom is 0.262 e. The molecule has 0 fully saturated rings. The monoisotopic (exact) mass is 447 g/mol. The molecule has 0 aliphatic rings. The molecule has 0 aliphatic heterocycles. The predicted octanol–water partition coefficient (Wildman–Crippen LogP) is 6.52. The maximum atomic E-state index is 13.3. The van der Waals surface area contributed by atoms with E-state index in [1.54, 1.807) is 17.2 Å². The molecule has 1 amide bonds. The molecule has 0 aliphatic carbocycles. The molecule has 0 bridgehead atoms. The van der Waals surface area contributed by atoms with Crippen LogP contribution in [0.3, 0.4) is 0 Å². The first-order chi connectivity index (χ1) is 13.4. The topological polar surface area (TPSA) is 46.1 Å². The summed E-state index contributed by atoms with van der Waals surface area (Å²) in [6.07, 6.45) is 1.71. The zero-order chi connectivity index (χ0) is 19.8. The van der Waals surface area contributed by atoms with Gasteiger partial charge >= 0.3 is 0 Å². The molecule has 0 saturated heterocycles. The lowest BCUT2D eigenvalue weighted by molar-refractivity contribution is 0.0985. The van der Waals surface area contributed by atoms with Crippen LogP contribution in [0.1, 0.15) is 27.2 Å². The molecule has 0 spiro atoms. The second-order valence-corrected chi connectivity index (χ2v) is 9.60. The van der Waals surface area contributed by atoms with E-state index in [2.05, 4.69) is 18.0 Å². The number of amides is 1. The van der Waals surface area contributed by atoms with Crippen molar-refractivity contribution in [2.45, 2.75) is 20.4 Å². The molecule has 0 radical (unpaired) electrons. The Hall–Kier alpha value is -1.99. The fourth-order valence-electron chi connectivity index (χ4n) is 2.84. The van der Waals surface area contributed by atoms with Gasteiger partial charge in [-0.3, -0.25) is 14.7 Å². The normalized spacial score (nSPS) is 11.1. The van der Waals surface area contributed by atoms with E-state index in [1.807, 2.05) is 31.2 Å². The van der Waals surface area contributed by atoms with Crippen LogP contribution in [-0.2, 0) is 6.54 Å². The second-order valence-electron chi connectivity index (χ2n) is 6.30. The first-order valence-electron chi connectivity index (χ1n) is 8.47. The standard InChI is InChI=1S/C20H15Cl2N3OS2/c1-11-6-7-15-17(12(11)2)24-20(27-15)25(10-13-5-3-4-8-23-13)19(26)14-9-16(21)28-18(14)22/h3-9H,10H2,1-2H3. The van der Waals surface area contributed by atoms with Gasteiger partial charge in [-0.05, 0) is 49.2 Å². The molecule has 4 nitrogen and oxygen atoms in total. The SMILES string of the molecule is Cc1ccc2sc(N(Cc3ccccn3)C(=O)c3cc(Cl)sc3Cl)nc2c1C. The molecule has 28 heavy (non-hydrogen) atoms. The van der Waals surface area contributed by atoms with Gasteiger partial charge in [0.2, 0.25) is 0 Å². The number of hydrogen-bond acceptors (Lipinski definition) is 5. The number of pyridine rings is 1. The number of fused-ring (bicyclic) bond motifs is 1. The summed E-state index contributed by atoms with van der Waals surface area (Å²) in [7, 11) is 0. The van der Waals surface area contributed by atoms with Gasteiger partial charge in [0.15, 0.2) is 5.13 Å². The number of carbonyl (C=O) groups excluding carboxylic acids is 1. The zero-order valence-corrected chi connectivity index (χ0v) is 18.2. The van der Waals surface area contributed by atoms with Gasteiger partial charge in [-0.15, -0.1) is 11.3 Å². The van der Waals surface area contributed by atoms with E-state index in [0.29, 0.717) is 25.9 Å². The lowest BCUT2D eigenvalue weighted by atomic mass is 10.1. The van der Waals surface area contributed by atoms with Crippen molar-refractivity contribution >= 4 is 67.1 Å². The van der Waals surface area contributed by atoms with Crippen molar-refractivity contribution in [3.8, 4) is 0 Å². The molecule has 4 rings (SSSR count). The van der Waals surface area contributed by atoms with Crippen LogP contribution >= 0.6 is 45.9 Å². The Balaban J connectivity index is 1.82. The number of hydrogen-bond donors (Lipinski definition) is 0. The van der Waals surface area contributed by atoms with Gasteiger partial charge in [0, 0.05) is 6.20 Å². The fourth-order valence-corrected chi connectivity index (χ4v) is 5.31. The highest BCUT2D eigenvalue weighted by Gasteiger charge is 2.26.